The molecule has 0 saturated carbocycles. The van der Waals surface area contributed by atoms with Gasteiger partial charge in [-0.3, -0.25) is 4.79 Å². The van der Waals surface area contributed by atoms with Gasteiger partial charge in [-0.15, -0.1) is 0 Å². The fourth-order valence-electron chi connectivity index (χ4n) is 2.28. The molecule has 1 aliphatic heterocycles. The zero-order chi connectivity index (χ0) is 14.8. The third-order valence-electron chi connectivity index (χ3n) is 3.39. The van der Waals surface area contributed by atoms with Crippen LogP contribution in [0, 0.1) is 0 Å². The topological polar surface area (TPSA) is 55.6 Å². The Hall–Kier alpha value is -2.40. The van der Waals surface area contributed by atoms with E-state index in [1.165, 1.54) is 0 Å². The van der Waals surface area contributed by atoms with Gasteiger partial charge in [0.25, 0.3) is 5.91 Å². The average Bonchev–Trinajstić information content (AvgIpc) is 2.51. The molecular weight excluding hydrogens is 284 g/mol. The third-order valence-corrected chi connectivity index (χ3v) is 3.62. The number of carbonyl (C=O) groups is 1. The molecule has 2 aromatic rings. The molecule has 0 fully saturated rings. The first-order valence-corrected chi connectivity index (χ1v) is 6.97. The quantitative estimate of drug-likeness (QED) is 0.883. The molecule has 0 atom stereocenters. The van der Waals surface area contributed by atoms with E-state index in [0.717, 1.165) is 22.6 Å². The number of hydrogen-bond acceptors (Lipinski definition) is 3. The molecule has 4 nitrogen and oxygen atoms in total. The van der Waals surface area contributed by atoms with Gasteiger partial charge in [0.2, 0.25) is 0 Å². The summed E-state index contributed by atoms with van der Waals surface area (Å²) in [6.07, 6.45) is 0. The number of amides is 1. The lowest BCUT2D eigenvalue weighted by Crippen LogP contribution is -2.38. The zero-order valence-corrected chi connectivity index (χ0v) is 12.1. The first kappa shape index (κ1) is 13.6. The van der Waals surface area contributed by atoms with Crippen molar-refractivity contribution in [3.63, 3.8) is 0 Å². The van der Waals surface area contributed by atoms with E-state index in [1.807, 2.05) is 48.5 Å². The molecule has 0 aliphatic carbocycles. The maximum absolute atomic E-state index is 12.1. The monoisotopic (exact) mass is 298 g/mol. The summed E-state index contributed by atoms with van der Waals surface area (Å²) in [7, 11) is 0. The number of fused-ring (bicyclic) bond motifs is 1. The average molecular weight is 298 g/mol. The maximum atomic E-state index is 12.1. The lowest BCUT2D eigenvalue weighted by atomic mass is 10.1. The summed E-state index contributed by atoms with van der Waals surface area (Å²) in [5, 5.41) is 0. The van der Waals surface area contributed by atoms with Crippen LogP contribution >= 0.6 is 12.2 Å². The number of nitrogens with zero attached hydrogens (tertiary/aromatic N) is 1. The minimum Gasteiger partial charge on any atom is -0.482 e. The minimum atomic E-state index is -0.0490. The number of anilines is 1. The van der Waals surface area contributed by atoms with Gasteiger partial charge in [-0.1, -0.05) is 48.6 Å². The lowest BCUT2D eigenvalue weighted by molar-refractivity contribution is -0.121. The molecule has 0 spiro atoms. The first-order chi connectivity index (χ1) is 10.1. The summed E-state index contributed by atoms with van der Waals surface area (Å²) in [4.78, 5) is 14.2. The van der Waals surface area contributed by atoms with Crippen molar-refractivity contribution in [3.8, 4) is 5.75 Å². The molecule has 1 amide bonds. The molecule has 106 valence electrons. The predicted molar refractivity (Wildman–Crippen MR) is 85.5 cm³/mol. The van der Waals surface area contributed by atoms with Gasteiger partial charge in [0, 0.05) is 5.56 Å². The summed E-state index contributed by atoms with van der Waals surface area (Å²) in [5.41, 5.74) is 8.22. The highest BCUT2D eigenvalue weighted by Gasteiger charge is 2.24. The van der Waals surface area contributed by atoms with Crippen molar-refractivity contribution in [2.45, 2.75) is 6.54 Å². The van der Waals surface area contributed by atoms with Crippen molar-refractivity contribution in [1.29, 1.82) is 0 Å². The van der Waals surface area contributed by atoms with Crippen LogP contribution in [0.1, 0.15) is 11.1 Å². The maximum Gasteiger partial charge on any atom is 0.265 e. The lowest BCUT2D eigenvalue weighted by Gasteiger charge is -2.29. The van der Waals surface area contributed by atoms with Crippen LogP contribution < -0.4 is 15.4 Å². The van der Waals surface area contributed by atoms with E-state index in [9.17, 15) is 4.79 Å². The van der Waals surface area contributed by atoms with Crippen molar-refractivity contribution >= 4 is 28.8 Å². The van der Waals surface area contributed by atoms with Crippen LogP contribution in [0.4, 0.5) is 5.69 Å². The molecule has 1 aliphatic rings. The van der Waals surface area contributed by atoms with Gasteiger partial charge < -0.3 is 15.4 Å². The van der Waals surface area contributed by atoms with Gasteiger partial charge in [0.05, 0.1) is 12.2 Å². The molecule has 0 aromatic heterocycles. The van der Waals surface area contributed by atoms with Gasteiger partial charge in [-0.05, 0) is 17.7 Å². The Balaban J connectivity index is 1.87. The van der Waals surface area contributed by atoms with E-state index in [2.05, 4.69) is 0 Å². The summed E-state index contributed by atoms with van der Waals surface area (Å²) in [6.45, 7) is 0.568. The number of nitrogens with two attached hydrogens (primary N) is 1. The normalized spacial score (nSPS) is 13.5. The Morgan fingerprint density at radius 3 is 2.62 bits per heavy atom. The molecule has 0 saturated heterocycles. The zero-order valence-electron chi connectivity index (χ0n) is 11.3. The van der Waals surface area contributed by atoms with Gasteiger partial charge >= 0.3 is 0 Å². The standard InChI is InChI=1S/C16H14N2O2S/c17-16(21)12-7-5-11(6-8-12)9-18-13-3-1-2-4-14(13)20-10-15(18)19/h1-8H,9-10H2,(H2,17,21). The number of rotatable bonds is 3. The smallest absolute Gasteiger partial charge is 0.265 e. The Morgan fingerprint density at radius 1 is 1.19 bits per heavy atom. The van der Waals surface area contributed by atoms with Crippen LogP contribution in [0.5, 0.6) is 5.75 Å². The van der Waals surface area contributed by atoms with Crippen molar-refractivity contribution in [1.82, 2.24) is 0 Å². The van der Waals surface area contributed by atoms with Gasteiger partial charge in [-0.25, -0.2) is 0 Å². The van der Waals surface area contributed by atoms with E-state index in [1.54, 1.807) is 4.90 Å². The number of thiocarbonyl (C=S) groups is 1. The molecule has 0 radical (unpaired) electrons. The summed E-state index contributed by atoms with van der Waals surface area (Å²) < 4.78 is 5.43. The second-order valence-electron chi connectivity index (χ2n) is 4.80. The Labute approximate surface area is 128 Å². The molecular formula is C16H14N2O2S. The third kappa shape index (κ3) is 2.73. The molecule has 0 unspecified atom stereocenters. The van der Waals surface area contributed by atoms with Crippen LogP contribution in [-0.4, -0.2) is 17.5 Å². The number of ether oxygens (including phenoxy) is 1. The highest BCUT2D eigenvalue weighted by Crippen LogP contribution is 2.32. The highest BCUT2D eigenvalue weighted by atomic mass is 32.1. The van der Waals surface area contributed by atoms with Crippen molar-refractivity contribution in [3.05, 3.63) is 59.7 Å². The number of para-hydroxylation sites is 2. The Bertz CT molecular complexity index is 698. The second-order valence-corrected chi connectivity index (χ2v) is 5.24. The number of benzene rings is 2. The molecule has 2 aromatic carbocycles. The van der Waals surface area contributed by atoms with E-state index in [4.69, 9.17) is 22.7 Å². The fourth-order valence-corrected chi connectivity index (χ4v) is 2.42. The van der Waals surface area contributed by atoms with Gasteiger partial charge in [0.1, 0.15) is 10.7 Å². The van der Waals surface area contributed by atoms with Crippen LogP contribution in [0.3, 0.4) is 0 Å². The van der Waals surface area contributed by atoms with Crippen LogP contribution in [-0.2, 0) is 11.3 Å². The summed E-state index contributed by atoms with van der Waals surface area (Å²) in [6, 6.07) is 15.1. The molecule has 3 rings (SSSR count). The van der Waals surface area contributed by atoms with E-state index in [-0.39, 0.29) is 12.5 Å². The van der Waals surface area contributed by atoms with Crippen molar-refractivity contribution in [2.24, 2.45) is 5.73 Å². The molecule has 5 heteroatoms. The summed E-state index contributed by atoms with van der Waals surface area (Å²) >= 11 is 4.93. The highest BCUT2D eigenvalue weighted by molar-refractivity contribution is 7.80. The number of hydrogen-bond donors (Lipinski definition) is 1. The summed E-state index contributed by atoms with van der Waals surface area (Å²) in [5.74, 6) is 0.684. The van der Waals surface area contributed by atoms with Crippen molar-refractivity contribution < 1.29 is 9.53 Å². The largest absolute Gasteiger partial charge is 0.482 e. The molecule has 0 bridgehead atoms. The molecule has 21 heavy (non-hydrogen) atoms. The first-order valence-electron chi connectivity index (χ1n) is 6.56. The minimum absolute atomic E-state index is 0.0490. The molecule has 2 N–H and O–H groups in total. The predicted octanol–water partition coefficient (Wildman–Crippen LogP) is 2.25. The van der Waals surface area contributed by atoms with E-state index < -0.39 is 0 Å². The van der Waals surface area contributed by atoms with E-state index in [0.29, 0.717) is 11.5 Å². The van der Waals surface area contributed by atoms with Gasteiger partial charge in [0.15, 0.2) is 6.61 Å². The second kappa shape index (κ2) is 5.54. The fraction of sp³-hybridized carbons (Fsp3) is 0.125. The SMILES string of the molecule is NC(=S)c1ccc(CN2C(=O)COc3ccccc32)cc1. The van der Waals surface area contributed by atoms with Crippen LogP contribution in [0.25, 0.3) is 0 Å². The molecule has 1 heterocycles. The van der Waals surface area contributed by atoms with Crippen LogP contribution in [0.15, 0.2) is 48.5 Å². The van der Waals surface area contributed by atoms with E-state index >= 15 is 0 Å². The van der Waals surface area contributed by atoms with Crippen molar-refractivity contribution in [2.75, 3.05) is 11.5 Å². The Kier molecular flexibility index (Phi) is 3.58. The Morgan fingerprint density at radius 2 is 1.90 bits per heavy atom. The number of carbonyl (C=O) groups excluding carboxylic acids is 1. The van der Waals surface area contributed by atoms with Crippen LogP contribution in [0.2, 0.25) is 0 Å². The van der Waals surface area contributed by atoms with Gasteiger partial charge in [-0.2, -0.15) is 0 Å².